The van der Waals surface area contributed by atoms with E-state index in [1.54, 1.807) is 11.8 Å². The average molecular weight is 230 g/mol. The molecule has 0 saturated carbocycles. The van der Waals surface area contributed by atoms with Gasteiger partial charge in [-0.1, -0.05) is 12.1 Å². The van der Waals surface area contributed by atoms with Crippen LogP contribution >= 0.6 is 11.8 Å². The zero-order chi connectivity index (χ0) is 11.5. The van der Waals surface area contributed by atoms with Gasteiger partial charge in [-0.25, -0.2) is 9.97 Å². The van der Waals surface area contributed by atoms with E-state index in [0.717, 1.165) is 22.8 Å². The maximum Gasteiger partial charge on any atom is 0.126 e. The summed E-state index contributed by atoms with van der Waals surface area (Å²) in [5.41, 5.74) is 3.15. The number of thioether (sulfide) groups is 1. The highest BCUT2D eigenvalue weighted by atomic mass is 32.2. The van der Waals surface area contributed by atoms with Crippen molar-refractivity contribution in [2.24, 2.45) is 0 Å². The first-order chi connectivity index (χ1) is 7.69. The van der Waals surface area contributed by atoms with Crippen molar-refractivity contribution in [3.05, 3.63) is 41.9 Å². The second-order valence-electron chi connectivity index (χ2n) is 3.67. The average Bonchev–Trinajstić information content (AvgIpc) is 2.28. The lowest BCUT2D eigenvalue weighted by atomic mass is 10.1. The molecule has 1 aromatic heterocycles. The van der Waals surface area contributed by atoms with Crippen molar-refractivity contribution in [3.63, 3.8) is 0 Å². The van der Waals surface area contributed by atoms with Crippen molar-refractivity contribution in [1.82, 2.24) is 9.97 Å². The summed E-state index contributed by atoms with van der Waals surface area (Å²) < 4.78 is 0. The molecule has 0 fully saturated rings. The smallest absolute Gasteiger partial charge is 0.126 e. The van der Waals surface area contributed by atoms with Gasteiger partial charge in [-0.2, -0.15) is 0 Å². The second kappa shape index (κ2) is 4.66. The molecule has 0 unspecified atom stereocenters. The third kappa shape index (κ3) is 2.42. The van der Waals surface area contributed by atoms with Crippen LogP contribution in [0.15, 0.2) is 35.2 Å². The van der Waals surface area contributed by atoms with E-state index in [9.17, 15) is 0 Å². The molecule has 0 bridgehead atoms. The number of benzene rings is 1. The molecule has 0 saturated heterocycles. The Bertz CT molecular complexity index is 472. The van der Waals surface area contributed by atoms with Gasteiger partial charge in [-0.3, -0.25) is 0 Å². The lowest BCUT2D eigenvalue weighted by Gasteiger charge is -2.04. The van der Waals surface area contributed by atoms with Crippen molar-refractivity contribution in [3.8, 4) is 11.3 Å². The maximum atomic E-state index is 4.44. The Morgan fingerprint density at radius 2 is 1.69 bits per heavy atom. The summed E-state index contributed by atoms with van der Waals surface area (Å²) >= 11 is 1.75. The zero-order valence-corrected chi connectivity index (χ0v) is 10.5. The minimum atomic E-state index is 0.823. The lowest BCUT2D eigenvalue weighted by Crippen LogP contribution is -1.93. The van der Waals surface area contributed by atoms with E-state index in [2.05, 4.69) is 40.5 Å². The summed E-state index contributed by atoms with van der Waals surface area (Å²) in [6, 6.07) is 10.5. The molecule has 2 rings (SSSR count). The molecule has 0 aliphatic heterocycles. The molecule has 0 atom stereocenters. The van der Waals surface area contributed by atoms with E-state index in [0.29, 0.717) is 0 Å². The van der Waals surface area contributed by atoms with E-state index < -0.39 is 0 Å². The van der Waals surface area contributed by atoms with Crippen molar-refractivity contribution < 1.29 is 0 Å². The van der Waals surface area contributed by atoms with Crippen LogP contribution < -0.4 is 0 Å². The van der Waals surface area contributed by atoms with Crippen molar-refractivity contribution in [1.29, 1.82) is 0 Å². The van der Waals surface area contributed by atoms with E-state index in [4.69, 9.17) is 0 Å². The molecule has 16 heavy (non-hydrogen) atoms. The number of nitrogens with zero attached hydrogens (tertiary/aromatic N) is 2. The van der Waals surface area contributed by atoms with Gasteiger partial charge in [0.2, 0.25) is 0 Å². The summed E-state index contributed by atoms with van der Waals surface area (Å²) in [6.07, 6.45) is 2.08. The molecule has 3 heteroatoms. The minimum absolute atomic E-state index is 0.823. The predicted octanol–water partition coefficient (Wildman–Crippen LogP) is 3.48. The van der Waals surface area contributed by atoms with Crippen LogP contribution in [0.2, 0.25) is 0 Å². The molecule has 2 nitrogen and oxygen atoms in total. The number of hydrogen-bond donors (Lipinski definition) is 0. The molecule has 0 N–H and O–H groups in total. The van der Waals surface area contributed by atoms with Crippen LogP contribution in [0.5, 0.6) is 0 Å². The molecule has 2 aromatic rings. The monoisotopic (exact) mass is 230 g/mol. The zero-order valence-electron chi connectivity index (χ0n) is 9.69. The summed E-state index contributed by atoms with van der Waals surface area (Å²) in [5, 5.41) is 0. The van der Waals surface area contributed by atoms with Gasteiger partial charge in [0, 0.05) is 16.2 Å². The van der Waals surface area contributed by atoms with Crippen LogP contribution in [-0.4, -0.2) is 16.2 Å². The molecule has 1 aromatic carbocycles. The molecule has 0 spiro atoms. The van der Waals surface area contributed by atoms with E-state index in [1.165, 1.54) is 4.90 Å². The van der Waals surface area contributed by atoms with Crippen molar-refractivity contribution >= 4 is 11.8 Å². The molecular weight excluding hydrogens is 216 g/mol. The maximum absolute atomic E-state index is 4.44. The van der Waals surface area contributed by atoms with Gasteiger partial charge in [0.25, 0.3) is 0 Å². The summed E-state index contributed by atoms with van der Waals surface area (Å²) in [4.78, 5) is 9.99. The van der Waals surface area contributed by atoms with Crippen LogP contribution in [-0.2, 0) is 0 Å². The number of aromatic nitrogens is 2. The predicted molar refractivity (Wildman–Crippen MR) is 68.7 cm³/mol. The Hall–Kier alpha value is -1.35. The van der Waals surface area contributed by atoms with Gasteiger partial charge in [0.05, 0.1) is 5.69 Å². The molecule has 0 aliphatic carbocycles. The molecule has 0 radical (unpaired) electrons. The number of rotatable bonds is 2. The normalized spacial score (nSPS) is 10.4. The molecule has 82 valence electrons. The molecule has 1 heterocycles. The van der Waals surface area contributed by atoms with Crippen LogP contribution in [0.25, 0.3) is 11.3 Å². The minimum Gasteiger partial charge on any atom is -0.239 e. The lowest BCUT2D eigenvalue weighted by molar-refractivity contribution is 1.02. The van der Waals surface area contributed by atoms with Gasteiger partial charge in [-0.15, -0.1) is 11.8 Å². The van der Waals surface area contributed by atoms with Crippen molar-refractivity contribution in [2.45, 2.75) is 18.7 Å². The largest absolute Gasteiger partial charge is 0.239 e. The fourth-order valence-electron chi connectivity index (χ4n) is 1.63. The van der Waals surface area contributed by atoms with Crippen LogP contribution in [0.3, 0.4) is 0 Å². The summed E-state index contributed by atoms with van der Waals surface area (Å²) in [7, 11) is 0. The van der Waals surface area contributed by atoms with Crippen LogP contribution in [0, 0.1) is 13.8 Å². The number of hydrogen-bond acceptors (Lipinski definition) is 3. The quantitative estimate of drug-likeness (QED) is 0.739. The second-order valence-corrected chi connectivity index (χ2v) is 4.55. The Morgan fingerprint density at radius 1 is 1.00 bits per heavy atom. The third-order valence-corrected chi connectivity index (χ3v) is 3.10. The molecule has 0 amide bonds. The standard InChI is InChI=1S/C13H14N2S/c1-9-8-13(15-10(2)14-9)11-4-6-12(16-3)7-5-11/h4-8H,1-3H3. The SMILES string of the molecule is CSc1ccc(-c2cc(C)nc(C)n2)cc1. The van der Waals surface area contributed by atoms with E-state index >= 15 is 0 Å². The summed E-state index contributed by atoms with van der Waals surface area (Å²) in [6.45, 7) is 3.92. The van der Waals surface area contributed by atoms with Crippen molar-refractivity contribution in [2.75, 3.05) is 6.26 Å². The van der Waals surface area contributed by atoms with E-state index in [1.807, 2.05) is 19.9 Å². The van der Waals surface area contributed by atoms with Gasteiger partial charge in [-0.05, 0) is 38.3 Å². The third-order valence-electron chi connectivity index (χ3n) is 2.35. The van der Waals surface area contributed by atoms with Gasteiger partial charge < -0.3 is 0 Å². The Balaban J connectivity index is 2.42. The topological polar surface area (TPSA) is 25.8 Å². The van der Waals surface area contributed by atoms with Gasteiger partial charge in [0.15, 0.2) is 0 Å². The summed E-state index contributed by atoms with van der Waals surface area (Å²) in [5.74, 6) is 0.823. The van der Waals surface area contributed by atoms with Crippen LogP contribution in [0.4, 0.5) is 0 Å². The Labute approximate surface area is 100 Å². The highest BCUT2D eigenvalue weighted by Gasteiger charge is 2.02. The molecule has 0 aliphatic rings. The van der Waals surface area contributed by atoms with Crippen LogP contribution in [0.1, 0.15) is 11.5 Å². The fourth-order valence-corrected chi connectivity index (χ4v) is 2.03. The fraction of sp³-hybridized carbons (Fsp3) is 0.231. The number of aryl methyl sites for hydroxylation is 2. The highest BCUT2D eigenvalue weighted by molar-refractivity contribution is 7.98. The van der Waals surface area contributed by atoms with E-state index in [-0.39, 0.29) is 0 Å². The first-order valence-electron chi connectivity index (χ1n) is 5.16. The first kappa shape index (κ1) is 11.1. The molecular formula is C13H14N2S. The Kier molecular flexibility index (Phi) is 3.25. The van der Waals surface area contributed by atoms with Gasteiger partial charge >= 0.3 is 0 Å². The van der Waals surface area contributed by atoms with Gasteiger partial charge in [0.1, 0.15) is 5.82 Å². The highest BCUT2D eigenvalue weighted by Crippen LogP contribution is 2.21. The first-order valence-corrected chi connectivity index (χ1v) is 6.38. The Morgan fingerprint density at radius 3 is 2.25 bits per heavy atom.